The molecule has 5 nitrogen and oxygen atoms in total. The molecule has 0 aliphatic heterocycles. The van der Waals surface area contributed by atoms with Crippen LogP contribution in [-0.2, 0) is 6.54 Å². The number of hydrogen-bond donors (Lipinski definition) is 1. The van der Waals surface area contributed by atoms with Crippen molar-refractivity contribution in [2.75, 3.05) is 0 Å². The van der Waals surface area contributed by atoms with Crippen molar-refractivity contribution >= 4 is 17.1 Å². The van der Waals surface area contributed by atoms with Crippen LogP contribution in [0.25, 0.3) is 22.6 Å². The number of pyridine rings is 1. The minimum Gasteiger partial charge on any atom is -0.349 e. The molecule has 2 aromatic heterocycles. The standard InChI is InChI=1S/C18H18N4O/c1-2-22-16(21-15-7-4-10-19-17(15)22)12-5-3-6-13(11-12)18(23)20-14-8-9-14/h3-7,10-11,14H,2,8-9H2,1H3,(H,20,23). The summed E-state index contributed by atoms with van der Waals surface area (Å²) in [4.78, 5) is 21.4. The smallest absolute Gasteiger partial charge is 0.251 e. The molecule has 1 N–H and O–H groups in total. The minimum atomic E-state index is -0.00775. The maximum Gasteiger partial charge on any atom is 0.251 e. The van der Waals surface area contributed by atoms with Gasteiger partial charge in [-0.15, -0.1) is 0 Å². The summed E-state index contributed by atoms with van der Waals surface area (Å²) in [5, 5.41) is 3.03. The fourth-order valence-electron chi connectivity index (χ4n) is 2.77. The molecule has 1 fully saturated rings. The molecule has 1 saturated carbocycles. The average Bonchev–Trinajstić information content (AvgIpc) is 3.32. The molecule has 23 heavy (non-hydrogen) atoms. The Morgan fingerprint density at radius 2 is 2.17 bits per heavy atom. The van der Waals surface area contributed by atoms with Gasteiger partial charge in [0.1, 0.15) is 11.3 Å². The van der Waals surface area contributed by atoms with Gasteiger partial charge in [0.25, 0.3) is 5.91 Å². The number of fused-ring (bicyclic) bond motifs is 1. The monoisotopic (exact) mass is 306 g/mol. The first kappa shape index (κ1) is 13.9. The van der Waals surface area contributed by atoms with Gasteiger partial charge in [-0.2, -0.15) is 0 Å². The van der Waals surface area contributed by atoms with Gasteiger partial charge in [0.05, 0.1) is 0 Å². The fourth-order valence-corrected chi connectivity index (χ4v) is 2.77. The third kappa shape index (κ3) is 2.59. The Morgan fingerprint density at radius 3 is 2.96 bits per heavy atom. The number of carbonyl (C=O) groups is 1. The Bertz CT molecular complexity index is 880. The highest BCUT2D eigenvalue weighted by molar-refractivity contribution is 5.95. The molecular formula is C18H18N4O. The second-order valence-electron chi connectivity index (χ2n) is 5.85. The molecule has 2 heterocycles. The van der Waals surface area contributed by atoms with Crippen LogP contribution in [0.2, 0.25) is 0 Å². The van der Waals surface area contributed by atoms with Crippen LogP contribution in [0.5, 0.6) is 0 Å². The minimum absolute atomic E-state index is 0.00775. The number of rotatable bonds is 4. The van der Waals surface area contributed by atoms with E-state index in [2.05, 4.69) is 21.8 Å². The van der Waals surface area contributed by atoms with Gasteiger partial charge in [0, 0.05) is 29.9 Å². The molecule has 5 heteroatoms. The summed E-state index contributed by atoms with van der Waals surface area (Å²) in [6.07, 6.45) is 3.95. The van der Waals surface area contributed by atoms with Crippen LogP contribution in [0.4, 0.5) is 0 Å². The highest BCUT2D eigenvalue weighted by atomic mass is 16.1. The molecule has 3 aromatic rings. The summed E-state index contributed by atoms with van der Waals surface area (Å²) < 4.78 is 2.08. The molecule has 0 atom stereocenters. The normalized spacial score (nSPS) is 14.1. The number of aryl methyl sites for hydroxylation is 1. The topological polar surface area (TPSA) is 59.8 Å². The fraction of sp³-hybridized carbons (Fsp3) is 0.278. The molecule has 4 rings (SSSR count). The zero-order valence-corrected chi connectivity index (χ0v) is 13.0. The van der Waals surface area contributed by atoms with Crippen molar-refractivity contribution in [1.82, 2.24) is 19.9 Å². The number of imidazole rings is 1. The van der Waals surface area contributed by atoms with E-state index in [0.717, 1.165) is 41.9 Å². The van der Waals surface area contributed by atoms with E-state index in [-0.39, 0.29) is 5.91 Å². The van der Waals surface area contributed by atoms with Crippen molar-refractivity contribution < 1.29 is 4.79 Å². The predicted octanol–water partition coefficient (Wildman–Crippen LogP) is 3.01. The van der Waals surface area contributed by atoms with Crippen LogP contribution >= 0.6 is 0 Å². The summed E-state index contributed by atoms with van der Waals surface area (Å²) in [5.74, 6) is 0.842. The lowest BCUT2D eigenvalue weighted by Gasteiger charge is -2.08. The summed E-state index contributed by atoms with van der Waals surface area (Å²) in [5.41, 5.74) is 3.36. The van der Waals surface area contributed by atoms with E-state index in [0.29, 0.717) is 11.6 Å². The SMILES string of the molecule is CCn1c(-c2cccc(C(=O)NC3CC3)c2)nc2cccnc21. The Hall–Kier alpha value is -2.69. The second-order valence-corrected chi connectivity index (χ2v) is 5.85. The number of aromatic nitrogens is 3. The Balaban J connectivity index is 1.76. The molecule has 1 amide bonds. The van der Waals surface area contributed by atoms with E-state index < -0.39 is 0 Å². The Labute approximate surface area is 134 Å². The Kier molecular flexibility index (Phi) is 3.33. The first-order valence-electron chi connectivity index (χ1n) is 7.99. The van der Waals surface area contributed by atoms with Gasteiger partial charge in [0.2, 0.25) is 0 Å². The van der Waals surface area contributed by atoms with Gasteiger partial charge in [-0.1, -0.05) is 12.1 Å². The molecular weight excluding hydrogens is 288 g/mol. The Morgan fingerprint density at radius 1 is 1.30 bits per heavy atom. The van der Waals surface area contributed by atoms with Crippen LogP contribution < -0.4 is 5.32 Å². The largest absolute Gasteiger partial charge is 0.349 e. The number of hydrogen-bond acceptors (Lipinski definition) is 3. The third-order valence-electron chi connectivity index (χ3n) is 4.12. The van der Waals surface area contributed by atoms with Gasteiger partial charge in [0.15, 0.2) is 5.65 Å². The summed E-state index contributed by atoms with van der Waals surface area (Å²) in [6, 6.07) is 11.9. The molecule has 0 spiro atoms. The highest BCUT2D eigenvalue weighted by Gasteiger charge is 2.24. The summed E-state index contributed by atoms with van der Waals surface area (Å²) in [7, 11) is 0. The van der Waals surface area contributed by atoms with Crippen LogP contribution in [0, 0.1) is 0 Å². The quantitative estimate of drug-likeness (QED) is 0.806. The average molecular weight is 306 g/mol. The first-order valence-corrected chi connectivity index (χ1v) is 7.99. The zero-order valence-electron chi connectivity index (χ0n) is 13.0. The van der Waals surface area contributed by atoms with Crippen molar-refractivity contribution in [1.29, 1.82) is 0 Å². The predicted molar refractivity (Wildman–Crippen MR) is 89.1 cm³/mol. The number of benzene rings is 1. The second kappa shape index (κ2) is 5.50. The van der Waals surface area contributed by atoms with Crippen LogP contribution in [-0.4, -0.2) is 26.5 Å². The zero-order chi connectivity index (χ0) is 15.8. The van der Waals surface area contributed by atoms with Gasteiger partial charge in [-0.05, 0) is 44.0 Å². The lowest BCUT2D eigenvalue weighted by molar-refractivity contribution is 0.0951. The highest BCUT2D eigenvalue weighted by Crippen LogP contribution is 2.25. The van der Waals surface area contributed by atoms with Gasteiger partial charge < -0.3 is 9.88 Å². The number of carbonyl (C=O) groups excluding carboxylic acids is 1. The molecule has 116 valence electrons. The van der Waals surface area contributed by atoms with E-state index in [1.54, 1.807) is 6.20 Å². The van der Waals surface area contributed by atoms with Crippen molar-refractivity contribution in [3.05, 3.63) is 48.2 Å². The molecule has 1 aromatic carbocycles. The van der Waals surface area contributed by atoms with Gasteiger partial charge >= 0.3 is 0 Å². The lowest BCUT2D eigenvalue weighted by atomic mass is 10.1. The molecule has 1 aliphatic carbocycles. The number of nitrogens with one attached hydrogen (secondary N) is 1. The van der Waals surface area contributed by atoms with E-state index in [4.69, 9.17) is 4.98 Å². The van der Waals surface area contributed by atoms with E-state index in [1.165, 1.54) is 0 Å². The van der Waals surface area contributed by atoms with Gasteiger partial charge in [-0.25, -0.2) is 9.97 Å². The molecule has 0 radical (unpaired) electrons. The number of nitrogens with zero attached hydrogens (tertiary/aromatic N) is 3. The molecule has 0 saturated heterocycles. The van der Waals surface area contributed by atoms with Crippen molar-refractivity contribution in [2.24, 2.45) is 0 Å². The van der Waals surface area contributed by atoms with E-state index in [9.17, 15) is 4.79 Å². The lowest BCUT2D eigenvalue weighted by Crippen LogP contribution is -2.25. The van der Waals surface area contributed by atoms with Crippen molar-refractivity contribution in [2.45, 2.75) is 32.4 Å². The molecule has 1 aliphatic rings. The molecule has 0 unspecified atom stereocenters. The molecule has 0 bridgehead atoms. The third-order valence-corrected chi connectivity index (χ3v) is 4.12. The summed E-state index contributed by atoms with van der Waals surface area (Å²) in [6.45, 7) is 2.85. The van der Waals surface area contributed by atoms with Crippen LogP contribution in [0.1, 0.15) is 30.1 Å². The summed E-state index contributed by atoms with van der Waals surface area (Å²) >= 11 is 0. The van der Waals surface area contributed by atoms with E-state index >= 15 is 0 Å². The first-order chi connectivity index (χ1) is 11.3. The van der Waals surface area contributed by atoms with Crippen molar-refractivity contribution in [3.63, 3.8) is 0 Å². The van der Waals surface area contributed by atoms with Crippen LogP contribution in [0.15, 0.2) is 42.6 Å². The van der Waals surface area contributed by atoms with Crippen molar-refractivity contribution in [3.8, 4) is 11.4 Å². The number of amides is 1. The van der Waals surface area contributed by atoms with E-state index in [1.807, 2.05) is 36.4 Å². The van der Waals surface area contributed by atoms with Crippen LogP contribution in [0.3, 0.4) is 0 Å². The van der Waals surface area contributed by atoms with Gasteiger partial charge in [-0.3, -0.25) is 4.79 Å². The maximum atomic E-state index is 12.3. The maximum absolute atomic E-state index is 12.3.